The number of benzene rings is 4. The molecule has 0 saturated carbocycles. The van der Waals surface area contributed by atoms with E-state index in [0.717, 1.165) is 21.7 Å². The Labute approximate surface area is 285 Å². The molecule has 0 saturated heterocycles. The summed E-state index contributed by atoms with van der Waals surface area (Å²) >= 11 is 15.3. The highest BCUT2D eigenvalue weighted by Gasteiger charge is 2.19. The van der Waals surface area contributed by atoms with Crippen LogP contribution in [0.25, 0.3) is 17.3 Å². The SMILES string of the molecule is Cc1ccc(-c2csc(NC(=O)C(C)Sc3cccc(NC(=O)/C(=C\c4cccc(Cl)c4Cl)NC(=O)c4ccccc4)c3)n2)cc1. The summed E-state index contributed by atoms with van der Waals surface area (Å²) in [6.07, 6.45) is 1.47. The van der Waals surface area contributed by atoms with Gasteiger partial charge in [0.15, 0.2) is 5.13 Å². The van der Waals surface area contributed by atoms with Crippen molar-refractivity contribution in [3.05, 3.63) is 135 Å². The second kappa shape index (κ2) is 15.2. The molecule has 1 heterocycles. The average Bonchev–Trinajstić information content (AvgIpc) is 3.52. The van der Waals surface area contributed by atoms with Crippen LogP contribution in [0.2, 0.25) is 10.0 Å². The fraction of sp³-hybridized carbons (Fsp3) is 0.0857. The lowest BCUT2D eigenvalue weighted by molar-refractivity contribution is -0.115. The van der Waals surface area contributed by atoms with Crippen molar-refractivity contribution in [1.82, 2.24) is 10.3 Å². The van der Waals surface area contributed by atoms with E-state index >= 15 is 0 Å². The van der Waals surface area contributed by atoms with E-state index in [2.05, 4.69) is 20.9 Å². The molecular weight excluding hydrogens is 659 g/mol. The Bertz CT molecular complexity index is 1910. The second-order valence-electron chi connectivity index (χ2n) is 10.2. The number of aryl methyl sites for hydroxylation is 1. The van der Waals surface area contributed by atoms with Crippen molar-refractivity contribution in [1.29, 1.82) is 0 Å². The van der Waals surface area contributed by atoms with Crippen molar-refractivity contribution < 1.29 is 14.4 Å². The first-order chi connectivity index (χ1) is 22.2. The summed E-state index contributed by atoms with van der Waals surface area (Å²) in [5, 5.41) is 11.0. The quantitative estimate of drug-likeness (QED) is 0.101. The summed E-state index contributed by atoms with van der Waals surface area (Å²) in [4.78, 5) is 44.8. The van der Waals surface area contributed by atoms with E-state index in [-0.39, 0.29) is 16.6 Å². The zero-order valence-electron chi connectivity index (χ0n) is 24.7. The van der Waals surface area contributed by atoms with Crippen molar-refractivity contribution in [3.63, 3.8) is 0 Å². The van der Waals surface area contributed by atoms with Crippen LogP contribution >= 0.6 is 46.3 Å². The van der Waals surface area contributed by atoms with Gasteiger partial charge in [-0.3, -0.25) is 14.4 Å². The number of nitrogens with zero attached hydrogens (tertiary/aromatic N) is 1. The number of aromatic nitrogens is 1. The molecule has 232 valence electrons. The van der Waals surface area contributed by atoms with Crippen LogP contribution in [0.1, 0.15) is 28.4 Å². The molecule has 5 rings (SSSR count). The first kappa shape index (κ1) is 33.0. The summed E-state index contributed by atoms with van der Waals surface area (Å²) < 4.78 is 0. The zero-order chi connectivity index (χ0) is 32.6. The Balaban J connectivity index is 1.27. The van der Waals surface area contributed by atoms with Crippen LogP contribution in [0.5, 0.6) is 0 Å². The lowest BCUT2D eigenvalue weighted by atomic mass is 10.1. The van der Waals surface area contributed by atoms with Gasteiger partial charge in [0.1, 0.15) is 5.70 Å². The number of nitrogens with one attached hydrogen (secondary N) is 3. The molecule has 3 N–H and O–H groups in total. The smallest absolute Gasteiger partial charge is 0.272 e. The lowest BCUT2D eigenvalue weighted by Crippen LogP contribution is -2.30. The molecule has 46 heavy (non-hydrogen) atoms. The van der Waals surface area contributed by atoms with Crippen LogP contribution in [-0.2, 0) is 9.59 Å². The van der Waals surface area contributed by atoms with E-state index < -0.39 is 17.1 Å². The minimum Gasteiger partial charge on any atom is -0.321 e. The molecule has 0 radical (unpaired) electrons. The molecule has 1 aromatic heterocycles. The van der Waals surface area contributed by atoms with Crippen LogP contribution in [0.4, 0.5) is 10.8 Å². The number of carbonyl (C=O) groups is 3. The highest BCUT2D eigenvalue weighted by molar-refractivity contribution is 8.00. The van der Waals surface area contributed by atoms with Gasteiger partial charge < -0.3 is 16.0 Å². The van der Waals surface area contributed by atoms with E-state index in [4.69, 9.17) is 23.2 Å². The molecule has 1 unspecified atom stereocenters. The van der Waals surface area contributed by atoms with Crippen LogP contribution in [0.15, 0.2) is 113 Å². The monoisotopic (exact) mass is 686 g/mol. The fourth-order valence-corrected chi connectivity index (χ4v) is 6.24. The number of thioether (sulfide) groups is 1. The summed E-state index contributed by atoms with van der Waals surface area (Å²) in [6, 6.07) is 28.7. The van der Waals surface area contributed by atoms with Gasteiger partial charge in [-0.15, -0.1) is 23.1 Å². The van der Waals surface area contributed by atoms with E-state index in [1.165, 1.54) is 29.2 Å². The molecule has 0 aliphatic rings. The fourth-order valence-electron chi connectivity index (χ4n) is 4.23. The van der Waals surface area contributed by atoms with Gasteiger partial charge in [-0.1, -0.05) is 89.4 Å². The highest BCUT2D eigenvalue weighted by atomic mass is 35.5. The molecular formula is C35H28Cl2N4O3S2. The summed E-state index contributed by atoms with van der Waals surface area (Å²) in [5.41, 5.74) is 4.24. The number of thiazole rings is 1. The van der Waals surface area contributed by atoms with Gasteiger partial charge in [0.25, 0.3) is 11.8 Å². The first-order valence-electron chi connectivity index (χ1n) is 14.1. The molecule has 0 aliphatic carbocycles. The van der Waals surface area contributed by atoms with Crippen molar-refractivity contribution in [3.8, 4) is 11.3 Å². The number of halogens is 2. The van der Waals surface area contributed by atoms with E-state index in [1.807, 2.05) is 42.6 Å². The van der Waals surface area contributed by atoms with Gasteiger partial charge in [0, 0.05) is 27.1 Å². The van der Waals surface area contributed by atoms with Gasteiger partial charge >= 0.3 is 0 Å². The number of anilines is 2. The van der Waals surface area contributed by atoms with Gasteiger partial charge in [-0.05, 0) is 61.9 Å². The standard InChI is InChI=1S/C35H28Cl2N4O3S2/c1-21-14-16-23(17-15-21)30-20-45-35(40-30)41-32(42)22(2)46-27-12-7-11-26(19-27)38-34(44)29(18-25-10-6-13-28(36)31(25)37)39-33(43)24-8-4-3-5-9-24/h3-20,22H,1-2H3,(H,38,44)(H,39,43)(H,40,41,42)/b29-18+. The molecule has 0 aliphatic heterocycles. The number of hydrogen-bond acceptors (Lipinski definition) is 6. The number of rotatable bonds is 10. The topological polar surface area (TPSA) is 100 Å². The predicted octanol–water partition coefficient (Wildman–Crippen LogP) is 8.95. The van der Waals surface area contributed by atoms with Crippen LogP contribution in [0.3, 0.4) is 0 Å². The second-order valence-corrected chi connectivity index (χ2v) is 13.2. The Hall–Kier alpha value is -4.41. The van der Waals surface area contributed by atoms with Crippen LogP contribution in [0, 0.1) is 6.92 Å². The molecule has 0 bridgehead atoms. The average molecular weight is 688 g/mol. The summed E-state index contributed by atoms with van der Waals surface area (Å²) in [6.45, 7) is 3.83. The summed E-state index contributed by atoms with van der Waals surface area (Å²) in [7, 11) is 0. The van der Waals surface area contributed by atoms with Gasteiger partial charge in [-0.25, -0.2) is 4.98 Å². The maximum atomic E-state index is 13.5. The van der Waals surface area contributed by atoms with Crippen molar-refractivity contribution >= 4 is 80.9 Å². The molecule has 3 amide bonds. The molecule has 1 atom stereocenters. The van der Waals surface area contributed by atoms with Crippen molar-refractivity contribution in [2.75, 3.05) is 10.6 Å². The van der Waals surface area contributed by atoms with E-state index in [9.17, 15) is 14.4 Å². The Kier molecular flexibility index (Phi) is 10.9. The molecule has 0 spiro atoms. The van der Waals surface area contributed by atoms with Gasteiger partial charge in [0.2, 0.25) is 5.91 Å². The Morgan fingerprint density at radius 1 is 0.891 bits per heavy atom. The van der Waals surface area contributed by atoms with Crippen molar-refractivity contribution in [2.45, 2.75) is 24.0 Å². The third kappa shape index (κ3) is 8.64. The Morgan fingerprint density at radius 2 is 1.63 bits per heavy atom. The molecule has 11 heteroatoms. The number of hydrogen-bond donors (Lipinski definition) is 3. The maximum absolute atomic E-state index is 13.5. The highest BCUT2D eigenvalue weighted by Crippen LogP contribution is 2.30. The van der Waals surface area contributed by atoms with E-state index in [0.29, 0.717) is 27.0 Å². The van der Waals surface area contributed by atoms with Gasteiger partial charge in [-0.2, -0.15) is 0 Å². The minimum absolute atomic E-state index is 0.0303. The molecule has 7 nitrogen and oxygen atoms in total. The van der Waals surface area contributed by atoms with Gasteiger partial charge in [0.05, 0.1) is 21.0 Å². The largest absolute Gasteiger partial charge is 0.321 e. The Morgan fingerprint density at radius 3 is 2.39 bits per heavy atom. The zero-order valence-corrected chi connectivity index (χ0v) is 27.9. The van der Waals surface area contributed by atoms with Crippen molar-refractivity contribution in [2.24, 2.45) is 0 Å². The molecule has 0 fully saturated rings. The predicted molar refractivity (Wildman–Crippen MR) is 190 cm³/mol. The molecule has 4 aromatic carbocycles. The maximum Gasteiger partial charge on any atom is 0.272 e. The minimum atomic E-state index is -0.568. The van der Waals surface area contributed by atoms with Crippen LogP contribution < -0.4 is 16.0 Å². The normalized spacial score (nSPS) is 11.9. The summed E-state index contributed by atoms with van der Waals surface area (Å²) in [5.74, 6) is -1.23. The van der Waals surface area contributed by atoms with Crippen LogP contribution in [-0.4, -0.2) is 28.0 Å². The third-order valence-electron chi connectivity index (χ3n) is 6.67. The third-order valence-corrected chi connectivity index (χ3v) is 9.35. The first-order valence-corrected chi connectivity index (χ1v) is 16.6. The molecule has 5 aromatic rings. The number of carbonyl (C=O) groups excluding carboxylic acids is 3. The lowest BCUT2D eigenvalue weighted by Gasteiger charge is -2.14. The number of amides is 3. The van der Waals surface area contributed by atoms with E-state index in [1.54, 1.807) is 73.7 Å².